The highest BCUT2D eigenvalue weighted by molar-refractivity contribution is 7.09. The molecule has 0 aliphatic heterocycles. The molecule has 3 N–H and O–H groups in total. The third-order valence-corrected chi connectivity index (χ3v) is 3.36. The fourth-order valence-electron chi connectivity index (χ4n) is 1.62. The lowest BCUT2D eigenvalue weighted by molar-refractivity contribution is 0.0691. The zero-order valence-electron chi connectivity index (χ0n) is 9.55. The van der Waals surface area contributed by atoms with E-state index in [-0.39, 0.29) is 24.3 Å². The molecule has 18 heavy (non-hydrogen) atoms. The van der Waals surface area contributed by atoms with Crippen LogP contribution in [-0.2, 0) is 6.54 Å². The summed E-state index contributed by atoms with van der Waals surface area (Å²) in [7, 11) is 0. The first kappa shape index (κ1) is 12.6. The Bertz CT molecular complexity index is 476. The molecule has 1 aromatic rings. The molecule has 0 bridgehead atoms. The number of nitrogens with one attached hydrogen (secondary N) is 2. The van der Waals surface area contributed by atoms with Gasteiger partial charge < -0.3 is 15.7 Å². The lowest BCUT2D eigenvalue weighted by Gasteiger charge is -2.12. The molecule has 0 unspecified atom stereocenters. The van der Waals surface area contributed by atoms with Crippen molar-refractivity contribution >= 4 is 23.3 Å². The Balaban J connectivity index is 1.76. The number of urea groups is 1. The fraction of sp³-hybridized carbons (Fsp3) is 0.364. The zero-order valence-corrected chi connectivity index (χ0v) is 10.4. The molecule has 1 aliphatic rings. The van der Waals surface area contributed by atoms with Gasteiger partial charge in [0.15, 0.2) is 5.69 Å². The van der Waals surface area contributed by atoms with Crippen LogP contribution >= 0.6 is 11.3 Å². The quantitative estimate of drug-likeness (QED) is 0.718. The summed E-state index contributed by atoms with van der Waals surface area (Å²) in [5, 5.41) is 16.2. The largest absolute Gasteiger partial charge is 0.476 e. The van der Waals surface area contributed by atoms with E-state index in [1.165, 1.54) is 16.7 Å². The second-order valence-electron chi connectivity index (χ2n) is 3.90. The van der Waals surface area contributed by atoms with Gasteiger partial charge in [-0.25, -0.2) is 14.6 Å². The lowest BCUT2D eigenvalue weighted by atomic mass is 10.2. The number of aromatic carboxylic acids is 1. The third-order valence-electron chi connectivity index (χ3n) is 2.51. The van der Waals surface area contributed by atoms with Gasteiger partial charge in [0.25, 0.3) is 0 Å². The van der Waals surface area contributed by atoms with Gasteiger partial charge in [-0.3, -0.25) is 0 Å². The number of thiazole rings is 1. The molecule has 2 amide bonds. The van der Waals surface area contributed by atoms with Gasteiger partial charge >= 0.3 is 12.0 Å². The molecule has 6 nitrogen and oxygen atoms in total. The van der Waals surface area contributed by atoms with Crippen LogP contribution in [0.3, 0.4) is 0 Å². The first-order valence-electron chi connectivity index (χ1n) is 5.52. The van der Waals surface area contributed by atoms with E-state index in [0.717, 1.165) is 12.8 Å². The van der Waals surface area contributed by atoms with Gasteiger partial charge in [-0.05, 0) is 12.8 Å². The Morgan fingerprint density at radius 3 is 2.78 bits per heavy atom. The Hall–Kier alpha value is -1.89. The average molecular weight is 267 g/mol. The van der Waals surface area contributed by atoms with Gasteiger partial charge in [-0.15, -0.1) is 11.3 Å². The summed E-state index contributed by atoms with van der Waals surface area (Å²) in [4.78, 5) is 26.0. The van der Waals surface area contributed by atoms with E-state index in [1.54, 1.807) is 0 Å². The molecule has 0 fully saturated rings. The van der Waals surface area contributed by atoms with Crippen LogP contribution in [0.25, 0.3) is 0 Å². The Morgan fingerprint density at radius 1 is 1.44 bits per heavy atom. The second-order valence-corrected chi connectivity index (χ2v) is 4.84. The van der Waals surface area contributed by atoms with Gasteiger partial charge in [0.1, 0.15) is 5.01 Å². The van der Waals surface area contributed by atoms with Crippen LogP contribution in [0.2, 0.25) is 0 Å². The number of carbonyl (C=O) groups is 2. The highest BCUT2D eigenvalue weighted by Crippen LogP contribution is 2.10. The van der Waals surface area contributed by atoms with Crippen molar-refractivity contribution in [1.29, 1.82) is 0 Å². The molecule has 0 saturated carbocycles. The van der Waals surface area contributed by atoms with Crippen LogP contribution in [-0.4, -0.2) is 28.1 Å². The minimum Gasteiger partial charge on any atom is -0.476 e. The predicted molar refractivity (Wildman–Crippen MR) is 66.6 cm³/mol. The van der Waals surface area contributed by atoms with Crippen LogP contribution in [0.1, 0.15) is 28.3 Å². The highest BCUT2D eigenvalue weighted by Gasteiger charge is 2.13. The van der Waals surface area contributed by atoms with E-state index in [1.807, 2.05) is 12.2 Å². The van der Waals surface area contributed by atoms with Gasteiger partial charge in [0, 0.05) is 11.4 Å². The topological polar surface area (TPSA) is 91.3 Å². The summed E-state index contributed by atoms with van der Waals surface area (Å²) in [6.07, 6.45) is 5.78. The molecule has 0 radical (unpaired) electrons. The second kappa shape index (κ2) is 5.63. The van der Waals surface area contributed by atoms with Crippen molar-refractivity contribution in [3.8, 4) is 0 Å². The van der Waals surface area contributed by atoms with Crippen LogP contribution in [0.4, 0.5) is 4.79 Å². The zero-order chi connectivity index (χ0) is 13.0. The number of aromatic nitrogens is 1. The molecule has 1 heterocycles. The number of carboxylic acids is 1. The summed E-state index contributed by atoms with van der Waals surface area (Å²) in [5.41, 5.74) is 0.0113. The monoisotopic (exact) mass is 267 g/mol. The van der Waals surface area contributed by atoms with Crippen LogP contribution in [0.5, 0.6) is 0 Å². The van der Waals surface area contributed by atoms with Crippen LogP contribution in [0.15, 0.2) is 17.5 Å². The van der Waals surface area contributed by atoms with Crippen molar-refractivity contribution in [2.75, 3.05) is 0 Å². The summed E-state index contributed by atoms with van der Waals surface area (Å²) in [6.45, 7) is 0.240. The fourth-order valence-corrected chi connectivity index (χ4v) is 2.33. The van der Waals surface area contributed by atoms with Gasteiger partial charge in [0.2, 0.25) is 0 Å². The van der Waals surface area contributed by atoms with Crippen molar-refractivity contribution in [2.24, 2.45) is 0 Å². The standard InChI is InChI=1S/C11H13N3O3S/c15-10(16)8-6-18-9(14-8)5-12-11(17)13-7-3-1-2-4-7/h1-2,6-7H,3-5H2,(H,15,16)(H2,12,13,17). The smallest absolute Gasteiger partial charge is 0.355 e. The van der Waals surface area contributed by atoms with Gasteiger partial charge in [0.05, 0.1) is 6.54 Å². The predicted octanol–water partition coefficient (Wildman–Crippen LogP) is 1.36. The molecule has 0 aromatic carbocycles. The number of carbonyl (C=O) groups excluding carboxylic acids is 1. The molecule has 1 aliphatic carbocycles. The molecule has 1 aromatic heterocycles. The first-order chi connectivity index (χ1) is 8.65. The van der Waals surface area contributed by atoms with Crippen molar-refractivity contribution in [3.63, 3.8) is 0 Å². The average Bonchev–Trinajstić information content (AvgIpc) is 2.96. The van der Waals surface area contributed by atoms with Gasteiger partial charge in [-0.2, -0.15) is 0 Å². The maximum absolute atomic E-state index is 11.5. The van der Waals surface area contributed by atoms with Crippen molar-refractivity contribution in [1.82, 2.24) is 15.6 Å². The molecule has 96 valence electrons. The molecule has 7 heteroatoms. The SMILES string of the molecule is O=C(NCc1nc(C(=O)O)cs1)NC1CC=CC1. The Labute approximate surface area is 108 Å². The Morgan fingerprint density at radius 2 is 2.17 bits per heavy atom. The van der Waals surface area contributed by atoms with E-state index in [4.69, 9.17) is 5.11 Å². The van der Waals surface area contributed by atoms with E-state index < -0.39 is 5.97 Å². The molecule has 0 saturated heterocycles. The normalized spacial score (nSPS) is 14.7. The third kappa shape index (κ3) is 3.30. The summed E-state index contributed by atoms with van der Waals surface area (Å²) in [5.74, 6) is -1.06. The Kier molecular flexibility index (Phi) is 3.93. The maximum atomic E-state index is 11.5. The number of rotatable bonds is 4. The van der Waals surface area contributed by atoms with Crippen LogP contribution < -0.4 is 10.6 Å². The summed E-state index contributed by atoms with van der Waals surface area (Å²) >= 11 is 1.22. The summed E-state index contributed by atoms with van der Waals surface area (Å²) in [6, 6.07) is -0.0911. The molecule has 0 atom stereocenters. The number of hydrogen-bond acceptors (Lipinski definition) is 4. The van der Waals surface area contributed by atoms with E-state index in [0.29, 0.717) is 5.01 Å². The van der Waals surface area contributed by atoms with Crippen LogP contribution in [0, 0.1) is 0 Å². The van der Waals surface area contributed by atoms with E-state index in [9.17, 15) is 9.59 Å². The number of nitrogens with zero attached hydrogens (tertiary/aromatic N) is 1. The number of hydrogen-bond donors (Lipinski definition) is 3. The number of carboxylic acid groups (broad SMARTS) is 1. The van der Waals surface area contributed by atoms with Crippen molar-refractivity contribution in [3.05, 3.63) is 28.2 Å². The van der Waals surface area contributed by atoms with Crippen molar-refractivity contribution < 1.29 is 14.7 Å². The minimum absolute atomic E-state index is 0.0113. The first-order valence-corrected chi connectivity index (χ1v) is 6.40. The molecular weight excluding hydrogens is 254 g/mol. The number of amides is 2. The lowest BCUT2D eigenvalue weighted by Crippen LogP contribution is -2.40. The van der Waals surface area contributed by atoms with E-state index in [2.05, 4.69) is 15.6 Å². The maximum Gasteiger partial charge on any atom is 0.355 e. The van der Waals surface area contributed by atoms with Gasteiger partial charge in [-0.1, -0.05) is 12.2 Å². The molecule has 0 spiro atoms. The minimum atomic E-state index is -1.06. The van der Waals surface area contributed by atoms with Crippen molar-refractivity contribution in [2.45, 2.75) is 25.4 Å². The highest BCUT2D eigenvalue weighted by atomic mass is 32.1. The summed E-state index contributed by atoms with van der Waals surface area (Å²) < 4.78 is 0. The van der Waals surface area contributed by atoms with E-state index >= 15 is 0 Å². The molecular formula is C11H13N3O3S. The molecule has 2 rings (SSSR count).